The molecule has 0 aromatic carbocycles. The second-order valence-electron chi connectivity index (χ2n) is 15.0. The van der Waals surface area contributed by atoms with Gasteiger partial charge in [0.15, 0.2) is 0 Å². The lowest BCUT2D eigenvalue weighted by atomic mass is 9.33. The second kappa shape index (κ2) is 7.45. The lowest BCUT2D eigenvalue weighted by molar-refractivity contribution is -0.242. The summed E-state index contributed by atoms with van der Waals surface area (Å²) in [6.07, 6.45) is 13.5. The highest BCUT2D eigenvalue weighted by Crippen LogP contribution is 2.75. The van der Waals surface area contributed by atoms with E-state index in [1.165, 1.54) is 32.1 Å². The largest absolute Gasteiger partial charge is 0.396 e. The fourth-order valence-electron chi connectivity index (χ4n) is 10.8. The van der Waals surface area contributed by atoms with Crippen molar-refractivity contribution in [2.75, 3.05) is 6.61 Å². The molecule has 3 nitrogen and oxygen atoms in total. The van der Waals surface area contributed by atoms with E-state index in [0.717, 1.165) is 19.3 Å². The van der Waals surface area contributed by atoms with Crippen LogP contribution in [-0.4, -0.2) is 34.1 Å². The topological polar surface area (TPSA) is 60.7 Å². The average Bonchev–Trinajstić information content (AvgIpc) is 2.77. The normalized spacial score (nSPS) is 56.3. The van der Waals surface area contributed by atoms with E-state index in [-0.39, 0.29) is 34.2 Å². The zero-order chi connectivity index (χ0) is 24.9. The van der Waals surface area contributed by atoms with Crippen molar-refractivity contribution in [2.24, 2.45) is 50.2 Å². The van der Waals surface area contributed by atoms with E-state index in [1.807, 2.05) is 6.92 Å². The van der Waals surface area contributed by atoms with Gasteiger partial charge in [-0.25, -0.2) is 0 Å². The molecule has 0 aliphatic heterocycles. The number of aliphatic hydroxyl groups excluding tert-OH is 3. The van der Waals surface area contributed by atoms with Gasteiger partial charge in [-0.2, -0.15) is 0 Å². The summed E-state index contributed by atoms with van der Waals surface area (Å²) in [5.74, 6) is 1.27. The average molecular weight is 471 g/mol. The molecule has 192 valence electrons. The van der Waals surface area contributed by atoms with Crippen molar-refractivity contribution in [1.82, 2.24) is 0 Å². The summed E-state index contributed by atoms with van der Waals surface area (Å²) in [4.78, 5) is 0. The number of fused-ring (bicyclic) bond motifs is 7. The van der Waals surface area contributed by atoms with E-state index >= 15 is 0 Å². The van der Waals surface area contributed by atoms with Crippen LogP contribution in [0, 0.1) is 50.2 Å². The molecule has 0 aromatic heterocycles. The molecule has 0 aromatic rings. The molecule has 3 N–H and O–H groups in total. The smallest absolute Gasteiger partial charge is 0.0877 e. The van der Waals surface area contributed by atoms with Crippen molar-refractivity contribution < 1.29 is 15.3 Å². The molecule has 5 aliphatic rings. The van der Waals surface area contributed by atoms with Crippen LogP contribution in [0.15, 0.2) is 24.3 Å². The Labute approximate surface area is 208 Å². The number of rotatable bonds is 2. The van der Waals surface area contributed by atoms with Gasteiger partial charge >= 0.3 is 0 Å². The first-order valence-electron chi connectivity index (χ1n) is 14.0. The number of hydrogen-bond acceptors (Lipinski definition) is 3. The Morgan fingerprint density at radius 3 is 2.26 bits per heavy atom. The maximum atomic E-state index is 11.0. The zero-order valence-electron chi connectivity index (χ0n) is 22.7. The molecule has 0 heterocycles. The Bertz CT molecular complexity index is 891. The van der Waals surface area contributed by atoms with Crippen LogP contribution in [0.2, 0.25) is 0 Å². The van der Waals surface area contributed by atoms with Gasteiger partial charge in [-0.15, -0.1) is 6.58 Å². The van der Waals surface area contributed by atoms with Gasteiger partial charge in [0.1, 0.15) is 0 Å². The van der Waals surface area contributed by atoms with E-state index < -0.39 is 17.6 Å². The molecule has 0 spiro atoms. The first-order chi connectivity index (χ1) is 15.7. The van der Waals surface area contributed by atoms with Crippen LogP contribution in [0.25, 0.3) is 0 Å². The van der Waals surface area contributed by atoms with Gasteiger partial charge < -0.3 is 15.3 Å². The van der Waals surface area contributed by atoms with Crippen molar-refractivity contribution in [1.29, 1.82) is 0 Å². The number of aliphatic hydroxyl groups is 3. The van der Waals surface area contributed by atoms with Gasteiger partial charge in [-0.3, -0.25) is 0 Å². The van der Waals surface area contributed by atoms with Gasteiger partial charge in [0.2, 0.25) is 0 Å². The minimum absolute atomic E-state index is 0.0632. The third-order valence-corrected chi connectivity index (χ3v) is 13.2. The van der Waals surface area contributed by atoms with Crippen molar-refractivity contribution in [2.45, 2.75) is 112 Å². The Balaban J connectivity index is 1.60. The number of hydrogen-bond donors (Lipinski definition) is 3. The molecule has 4 fully saturated rings. The third-order valence-electron chi connectivity index (χ3n) is 13.2. The molecule has 5 aliphatic carbocycles. The molecule has 0 unspecified atom stereocenters. The maximum absolute atomic E-state index is 11.0. The van der Waals surface area contributed by atoms with E-state index in [9.17, 15) is 15.3 Å². The van der Waals surface area contributed by atoms with Crippen molar-refractivity contribution in [3.63, 3.8) is 0 Å². The van der Waals surface area contributed by atoms with Crippen LogP contribution in [0.1, 0.15) is 99.3 Å². The van der Waals surface area contributed by atoms with E-state index in [0.29, 0.717) is 23.7 Å². The summed E-state index contributed by atoms with van der Waals surface area (Å²) in [5, 5.41) is 32.4. The minimum atomic E-state index is -0.849. The number of allylic oxidation sites excluding steroid dienone is 3. The molecule has 34 heavy (non-hydrogen) atoms. The maximum Gasteiger partial charge on any atom is 0.0877 e. The summed E-state index contributed by atoms with van der Waals surface area (Å²) in [7, 11) is 0. The van der Waals surface area contributed by atoms with Crippen LogP contribution in [-0.2, 0) is 0 Å². The first kappa shape index (κ1) is 25.0. The fourth-order valence-corrected chi connectivity index (χ4v) is 10.8. The Morgan fingerprint density at radius 2 is 1.62 bits per heavy atom. The molecule has 4 saturated carbocycles. The van der Waals surface area contributed by atoms with E-state index in [2.05, 4.69) is 53.3 Å². The van der Waals surface area contributed by atoms with Crippen molar-refractivity contribution >= 4 is 0 Å². The third kappa shape index (κ3) is 2.93. The Kier molecular flexibility index (Phi) is 5.48. The molecule has 0 radical (unpaired) electrons. The molecule has 0 amide bonds. The second-order valence-corrected chi connectivity index (χ2v) is 15.0. The first-order valence-corrected chi connectivity index (χ1v) is 14.0. The lowest BCUT2D eigenvalue weighted by Crippen LogP contribution is -2.67. The monoisotopic (exact) mass is 470 g/mol. The quantitative estimate of drug-likeness (QED) is 0.416. The van der Waals surface area contributed by atoms with Gasteiger partial charge in [-0.1, -0.05) is 59.3 Å². The molecular formula is C31H50O3. The van der Waals surface area contributed by atoms with Crippen molar-refractivity contribution in [3.8, 4) is 0 Å². The fraction of sp³-hybridized carbons (Fsp3) is 0.871. The van der Waals surface area contributed by atoms with Gasteiger partial charge in [0.25, 0.3) is 0 Å². The lowest BCUT2D eigenvalue weighted by Gasteiger charge is -2.71. The highest BCUT2D eigenvalue weighted by molar-refractivity contribution is 5.35. The predicted octanol–water partition coefficient (Wildman–Crippen LogP) is 6.28. The van der Waals surface area contributed by atoms with Crippen LogP contribution >= 0.6 is 0 Å². The molecule has 3 heteroatoms. The van der Waals surface area contributed by atoms with Crippen LogP contribution in [0.4, 0.5) is 0 Å². The summed E-state index contributed by atoms with van der Waals surface area (Å²) in [6, 6.07) is 0. The van der Waals surface area contributed by atoms with Crippen LogP contribution in [0.5, 0.6) is 0 Å². The van der Waals surface area contributed by atoms with Crippen molar-refractivity contribution in [3.05, 3.63) is 24.3 Å². The predicted molar refractivity (Wildman–Crippen MR) is 138 cm³/mol. The zero-order valence-corrected chi connectivity index (χ0v) is 22.7. The SMILES string of the molecule is C=C[C@]12CCC(C)(C)C[C@@H]1C1=CC[C@@H]3[C@@]4(C)C[C@@H](O)[C@@H](O)[C@](C)(CO)[C@H]4CC[C@@]3(C)[C@]1(C)CC2. The van der Waals surface area contributed by atoms with Crippen LogP contribution < -0.4 is 0 Å². The summed E-state index contributed by atoms with van der Waals surface area (Å²) < 4.78 is 0. The molecular weight excluding hydrogens is 420 g/mol. The molecule has 10 atom stereocenters. The standard InChI is InChI=1S/C31H50O3/c1-8-31-15-13-26(2,3)17-21(31)20-9-10-24-27(4)18-22(33)25(34)28(5,19-32)23(27)11-12-30(24,7)29(20,6)14-16-31/h8-9,21-25,32-34H,1,10-19H2,2-7H3/t21-,22-,23+,24-,25-,27+,28-,29-,30-,31-/m1/s1. The molecule has 0 bridgehead atoms. The van der Waals surface area contributed by atoms with Gasteiger partial charge in [-0.05, 0) is 103 Å². The highest BCUT2D eigenvalue weighted by Gasteiger charge is 2.69. The Morgan fingerprint density at radius 1 is 0.941 bits per heavy atom. The summed E-state index contributed by atoms with van der Waals surface area (Å²) in [6.45, 7) is 18.7. The molecule has 5 rings (SSSR count). The van der Waals surface area contributed by atoms with Gasteiger partial charge in [0, 0.05) is 5.41 Å². The minimum Gasteiger partial charge on any atom is -0.396 e. The summed E-state index contributed by atoms with van der Waals surface area (Å²) >= 11 is 0. The van der Waals surface area contributed by atoms with Crippen LogP contribution in [0.3, 0.4) is 0 Å². The summed E-state index contributed by atoms with van der Waals surface area (Å²) in [5.41, 5.74) is 1.94. The van der Waals surface area contributed by atoms with E-state index in [4.69, 9.17) is 0 Å². The Hall–Kier alpha value is -0.640. The molecule has 0 saturated heterocycles. The highest BCUT2D eigenvalue weighted by atomic mass is 16.3. The van der Waals surface area contributed by atoms with E-state index in [1.54, 1.807) is 5.57 Å². The van der Waals surface area contributed by atoms with Gasteiger partial charge in [0.05, 0.1) is 18.8 Å².